The number of hydrogen-bond donors (Lipinski definition) is 0. The van der Waals surface area contributed by atoms with Gasteiger partial charge in [-0.1, -0.05) is 0 Å². The van der Waals surface area contributed by atoms with Crippen LogP contribution in [0.1, 0.15) is 13.8 Å². The summed E-state index contributed by atoms with van der Waals surface area (Å²) in [5.41, 5.74) is 0. The standard InChI is InChI=1S/C8H18ClNO3S/c1-4-13-5-6-14(11,12)10(3)8(2)7-9/h8H,4-7H2,1-3H3. The number of sulfonamides is 1. The minimum atomic E-state index is -3.22. The maximum absolute atomic E-state index is 11.6. The molecule has 0 spiro atoms. The lowest BCUT2D eigenvalue weighted by Gasteiger charge is -2.22. The molecule has 86 valence electrons. The highest BCUT2D eigenvalue weighted by atomic mass is 35.5. The number of alkyl halides is 1. The molecule has 0 saturated heterocycles. The van der Waals surface area contributed by atoms with Crippen LogP contribution in [-0.2, 0) is 14.8 Å². The van der Waals surface area contributed by atoms with Crippen LogP contribution in [0.2, 0.25) is 0 Å². The first kappa shape index (κ1) is 14.2. The van der Waals surface area contributed by atoms with Crippen molar-refractivity contribution < 1.29 is 13.2 Å². The molecule has 0 aliphatic heterocycles. The minimum Gasteiger partial charge on any atom is -0.381 e. The highest BCUT2D eigenvalue weighted by molar-refractivity contribution is 7.89. The second-order valence-corrected chi connectivity index (χ2v) is 5.49. The molecule has 6 heteroatoms. The van der Waals surface area contributed by atoms with Gasteiger partial charge in [-0.05, 0) is 13.8 Å². The van der Waals surface area contributed by atoms with Gasteiger partial charge < -0.3 is 4.74 Å². The number of nitrogens with zero attached hydrogens (tertiary/aromatic N) is 1. The third-order valence-corrected chi connectivity index (χ3v) is 4.34. The van der Waals surface area contributed by atoms with Crippen molar-refractivity contribution in [3.05, 3.63) is 0 Å². The Bertz CT molecular complexity index is 243. The Labute approximate surface area is 91.2 Å². The van der Waals surface area contributed by atoms with Crippen LogP contribution in [0, 0.1) is 0 Å². The molecule has 0 saturated carbocycles. The summed E-state index contributed by atoms with van der Waals surface area (Å²) in [5, 5.41) is 0. The largest absolute Gasteiger partial charge is 0.381 e. The molecule has 0 radical (unpaired) electrons. The van der Waals surface area contributed by atoms with Gasteiger partial charge in [0.05, 0.1) is 12.4 Å². The van der Waals surface area contributed by atoms with Crippen LogP contribution in [-0.4, -0.2) is 50.7 Å². The predicted molar refractivity (Wildman–Crippen MR) is 58.2 cm³/mol. The first-order valence-corrected chi connectivity index (χ1v) is 6.69. The molecule has 0 aromatic carbocycles. The molecule has 0 aliphatic carbocycles. The Morgan fingerprint density at radius 3 is 2.50 bits per heavy atom. The maximum atomic E-state index is 11.6. The van der Waals surface area contributed by atoms with Gasteiger partial charge in [0.1, 0.15) is 0 Å². The van der Waals surface area contributed by atoms with Gasteiger partial charge in [0.15, 0.2) is 0 Å². The first-order valence-electron chi connectivity index (χ1n) is 4.55. The van der Waals surface area contributed by atoms with Crippen molar-refractivity contribution in [2.75, 3.05) is 31.9 Å². The quantitative estimate of drug-likeness (QED) is 0.493. The zero-order valence-electron chi connectivity index (χ0n) is 8.86. The summed E-state index contributed by atoms with van der Waals surface area (Å²) >= 11 is 5.58. The lowest BCUT2D eigenvalue weighted by Crippen LogP contribution is -2.38. The summed E-state index contributed by atoms with van der Waals surface area (Å²) in [6.07, 6.45) is 0. The number of hydrogen-bond acceptors (Lipinski definition) is 3. The molecule has 0 aliphatic rings. The monoisotopic (exact) mass is 243 g/mol. The van der Waals surface area contributed by atoms with E-state index in [2.05, 4.69) is 0 Å². The average molecular weight is 244 g/mol. The second-order valence-electron chi connectivity index (χ2n) is 3.03. The summed E-state index contributed by atoms with van der Waals surface area (Å²) in [6.45, 7) is 4.37. The van der Waals surface area contributed by atoms with Gasteiger partial charge in [-0.25, -0.2) is 12.7 Å². The van der Waals surface area contributed by atoms with E-state index in [1.54, 1.807) is 6.92 Å². The SMILES string of the molecule is CCOCCS(=O)(=O)N(C)C(C)CCl. The van der Waals surface area contributed by atoms with Crippen LogP contribution >= 0.6 is 11.6 Å². The van der Waals surface area contributed by atoms with Crippen molar-refractivity contribution in [1.82, 2.24) is 4.31 Å². The van der Waals surface area contributed by atoms with E-state index in [9.17, 15) is 8.42 Å². The molecule has 0 aromatic heterocycles. The van der Waals surface area contributed by atoms with Crippen molar-refractivity contribution >= 4 is 21.6 Å². The summed E-state index contributed by atoms with van der Waals surface area (Å²) in [6, 6.07) is -0.178. The molecule has 0 rings (SSSR count). The summed E-state index contributed by atoms with van der Waals surface area (Å²) in [4.78, 5) is 0. The minimum absolute atomic E-state index is 0.0125. The fourth-order valence-electron chi connectivity index (χ4n) is 0.824. The van der Waals surface area contributed by atoms with Crippen LogP contribution in [0.5, 0.6) is 0 Å². The van der Waals surface area contributed by atoms with E-state index in [0.29, 0.717) is 12.5 Å². The predicted octanol–water partition coefficient (Wildman–Crippen LogP) is 0.912. The summed E-state index contributed by atoms with van der Waals surface area (Å²) in [5.74, 6) is 0.308. The molecule has 0 N–H and O–H groups in total. The molecule has 1 unspecified atom stereocenters. The highest BCUT2D eigenvalue weighted by Crippen LogP contribution is 2.05. The fourth-order valence-corrected chi connectivity index (χ4v) is 2.35. The van der Waals surface area contributed by atoms with Gasteiger partial charge in [-0.15, -0.1) is 11.6 Å². The molecule has 1 atom stereocenters. The maximum Gasteiger partial charge on any atom is 0.216 e. The molecule has 0 fully saturated rings. The Balaban J connectivity index is 4.17. The van der Waals surface area contributed by atoms with E-state index < -0.39 is 10.0 Å². The average Bonchev–Trinajstić information content (AvgIpc) is 2.15. The zero-order chi connectivity index (χ0) is 11.2. The van der Waals surface area contributed by atoms with Gasteiger partial charge in [0.2, 0.25) is 10.0 Å². The van der Waals surface area contributed by atoms with Gasteiger partial charge in [-0.3, -0.25) is 0 Å². The van der Waals surface area contributed by atoms with E-state index in [-0.39, 0.29) is 18.4 Å². The van der Waals surface area contributed by atoms with Crippen LogP contribution in [0.25, 0.3) is 0 Å². The first-order chi connectivity index (χ1) is 6.45. The lowest BCUT2D eigenvalue weighted by molar-refractivity contribution is 0.162. The fraction of sp³-hybridized carbons (Fsp3) is 1.00. The van der Waals surface area contributed by atoms with Gasteiger partial charge in [0.25, 0.3) is 0 Å². The van der Waals surface area contributed by atoms with Crippen LogP contribution in [0.15, 0.2) is 0 Å². The Morgan fingerprint density at radius 2 is 2.07 bits per heavy atom. The van der Waals surface area contributed by atoms with Crippen molar-refractivity contribution in [3.8, 4) is 0 Å². The van der Waals surface area contributed by atoms with E-state index in [0.717, 1.165) is 0 Å². The molecular weight excluding hydrogens is 226 g/mol. The third-order valence-electron chi connectivity index (χ3n) is 1.97. The molecule has 0 bridgehead atoms. The van der Waals surface area contributed by atoms with Crippen LogP contribution < -0.4 is 0 Å². The Kier molecular flexibility index (Phi) is 6.68. The Morgan fingerprint density at radius 1 is 1.50 bits per heavy atom. The topological polar surface area (TPSA) is 46.6 Å². The molecule has 0 heterocycles. The number of rotatable bonds is 7. The summed E-state index contributed by atoms with van der Waals surface area (Å²) < 4.78 is 29.5. The van der Waals surface area contributed by atoms with Crippen molar-refractivity contribution in [3.63, 3.8) is 0 Å². The van der Waals surface area contributed by atoms with E-state index in [1.165, 1.54) is 11.4 Å². The van der Waals surface area contributed by atoms with Crippen molar-refractivity contribution in [2.45, 2.75) is 19.9 Å². The summed E-state index contributed by atoms with van der Waals surface area (Å²) in [7, 11) is -1.68. The Hall–Kier alpha value is 0.160. The van der Waals surface area contributed by atoms with Gasteiger partial charge in [-0.2, -0.15) is 0 Å². The lowest BCUT2D eigenvalue weighted by atomic mass is 10.4. The molecule has 4 nitrogen and oxygen atoms in total. The number of ether oxygens (including phenoxy) is 1. The third kappa shape index (κ3) is 4.59. The number of halogens is 1. The van der Waals surface area contributed by atoms with Gasteiger partial charge in [0, 0.05) is 25.6 Å². The van der Waals surface area contributed by atoms with Crippen molar-refractivity contribution in [1.29, 1.82) is 0 Å². The zero-order valence-corrected chi connectivity index (χ0v) is 10.4. The molecule has 0 amide bonds. The van der Waals surface area contributed by atoms with Crippen LogP contribution in [0.3, 0.4) is 0 Å². The van der Waals surface area contributed by atoms with E-state index in [4.69, 9.17) is 16.3 Å². The molecule has 0 aromatic rings. The van der Waals surface area contributed by atoms with E-state index in [1.807, 2.05) is 6.92 Å². The van der Waals surface area contributed by atoms with E-state index >= 15 is 0 Å². The van der Waals surface area contributed by atoms with Crippen molar-refractivity contribution in [2.24, 2.45) is 0 Å². The smallest absolute Gasteiger partial charge is 0.216 e. The highest BCUT2D eigenvalue weighted by Gasteiger charge is 2.21. The molecule has 14 heavy (non-hydrogen) atoms. The second kappa shape index (κ2) is 6.61. The van der Waals surface area contributed by atoms with Gasteiger partial charge >= 0.3 is 0 Å². The normalized spacial score (nSPS) is 14.6. The molecular formula is C8H18ClNO3S. The van der Waals surface area contributed by atoms with Crippen LogP contribution in [0.4, 0.5) is 0 Å².